The van der Waals surface area contributed by atoms with Crippen LogP contribution < -0.4 is 0 Å². The smallest absolute Gasteiger partial charge is 0.176 e. The molecule has 1 aliphatic heterocycles. The first kappa shape index (κ1) is 14.0. The van der Waals surface area contributed by atoms with Crippen LogP contribution in [0.2, 0.25) is 0 Å². The molecule has 0 saturated carbocycles. The molecule has 0 radical (unpaired) electrons. The number of rotatable bonds is 3. The van der Waals surface area contributed by atoms with Crippen molar-refractivity contribution in [3.05, 3.63) is 33.4 Å². The van der Waals surface area contributed by atoms with Gasteiger partial charge in [-0.2, -0.15) is 0 Å². The molecule has 0 aliphatic carbocycles. The highest BCUT2D eigenvalue weighted by atomic mass is 127. The monoisotopic (exact) mass is 357 g/mol. The number of benzene rings is 1. The number of carbonyl (C=O) groups excluding carboxylic acids is 1. The Kier molecular flexibility index (Phi) is 5.63. The molecule has 1 heterocycles. The average molecular weight is 357 g/mol. The fourth-order valence-electron chi connectivity index (χ4n) is 2.40. The zero-order valence-electron chi connectivity index (χ0n) is 10.7. The number of Topliss-reactive ketones (excluding diaryl/α,β-unsaturated/α-hetero) is 1. The van der Waals surface area contributed by atoms with E-state index in [-0.39, 0.29) is 5.78 Å². The number of ketones is 1. The molecule has 1 aromatic rings. The lowest BCUT2D eigenvalue weighted by Crippen LogP contribution is -2.32. The van der Waals surface area contributed by atoms with Crippen molar-refractivity contribution in [3.8, 4) is 0 Å². The molecular formula is C15H20INO. The zero-order chi connectivity index (χ0) is 12.8. The van der Waals surface area contributed by atoms with Gasteiger partial charge in [-0.3, -0.25) is 9.69 Å². The van der Waals surface area contributed by atoms with Gasteiger partial charge in [-0.25, -0.2) is 0 Å². The lowest BCUT2D eigenvalue weighted by Gasteiger charge is -2.23. The van der Waals surface area contributed by atoms with E-state index in [4.69, 9.17) is 0 Å². The minimum absolute atomic E-state index is 0.256. The second-order valence-electron chi connectivity index (χ2n) is 4.97. The number of hydrogen-bond donors (Lipinski definition) is 0. The highest BCUT2D eigenvalue weighted by Crippen LogP contribution is 2.12. The molecule has 1 saturated heterocycles. The second-order valence-corrected chi connectivity index (χ2v) is 6.22. The van der Waals surface area contributed by atoms with Crippen molar-refractivity contribution in [1.29, 1.82) is 0 Å². The quantitative estimate of drug-likeness (QED) is 0.607. The van der Waals surface area contributed by atoms with Gasteiger partial charge in [0.1, 0.15) is 0 Å². The van der Waals surface area contributed by atoms with E-state index in [1.165, 1.54) is 35.7 Å². The van der Waals surface area contributed by atoms with E-state index in [0.29, 0.717) is 6.54 Å². The molecule has 0 atom stereocenters. The lowest BCUT2D eigenvalue weighted by molar-refractivity contribution is 0.0924. The molecule has 0 spiro atoms. The van der Waals surface area contributed by atoms with E-state index in [9.17, 15) is 4.79 Å². The SMILES string of the molecule is O=C(CN1CCCCCCC1)c1ccc(I)cc1. The highest BCUT2D eigenvalue weighted by molar-refractivity contribution is 14.1. The molecule has 2 rings (SSSR count). The standard InChI is InChI=1S/C15H20INO/c16-14-8-6-13(7-9-14)15(18)12-17-10-4-2-1-3-5-11-17/h6-9H,1-5,10-12H2. The normalized spacial score (nSPS) is 18.1. The van der Waals surface area contributed by atoms with Crippen LogP contribution in [0.25, 0.3) is 0 Å². The minimum atomic E-state index is 0.256. The van der Waals surface area contributed by atoms with Gasteiger partial charge in [-0.15, -0.1) is 0 Å². The summed E-state index contributed by atoms with van der Waals surface area (Å²) in [7, 11) is 0. The van der Waals surface area contributed by atoms with Crippen LogP contribution in [0, 0.1) is 3.57 Å². The zero-order valence-corrected chi connectivity index (χ0v) is 12.9. The van der Waals surface area contributed by atoms with Crippen molar-refractivity contribution in [1.82, 2.24) is 4.90 Å². The van der Waals surface area contributed by atoms with E-state index < -0.39 is 0 Å². The Morgan fingerprint density at radius 3 is 2.17 bits per heavy atom. The van der Waals surface area contributed by atoms with E-state index >= 15 is 0 Å². The maximum absolute atomic E-state index is 12.2. The van der Waals surface area contributed by atoms with Gasteiger partial charge in [0.15, 0.2) is 5.78 Å². The van der Waals surface area contributed by atoms with E-state index in [0.717, 1.165) is 18.7 Å². The third kappa shape index (κ3) is 4.35. The second kappa shape index (κ2) is 7.24. The summed E-state index contributed by atoms with van der Waals surface area (Å²) in [6, 6.07) is 7.88. The number of hydrogen-bond acceptors (Lipinski definition) is 2. The maximum atomic E-state index is 12.2. The van der Waals surface area contributed by atoms with Gasteiger partial charge in [-0.1, -0.05) is 31.4 Å². The summed E-state index contributed by atoms with van der Waals surface area (Å²) in [5, 5.41) is 0. The largest absolute Gasteiger partial charge is 0.296 e. The van der Waals surface area contributed by atoms with Crippen molar-refractivity contribution in [3.63, 3.8) is 0 Å². The summed E-state index contributed by atoms with van der Waals surface area (Å²) in [5.41, 5.74) is 0.845. The van der Waals surface area contributed by atoms with Gasteiger partial charge < -0.3 is 0 Å². The number of nitrogens with zero attached hydrogens (tertiary/aromatic N) is 1. The summed E-state index contributed by atoms with van der Waals surface area (Å²) in [5.74, 6) is 0.256. The van der Waals surface area contributed by atoms with Crippen molar-refractivity contribution < 1.29 is 4.79 Å². The van der Waals surface area contributed by atoms with Gasteiger partial charge in [0, 0.05) is 9.13 Å². The Balaban J connectivity index is 1.91. The number of likely N-dealkylation sites (tertiary alicyclic amines) is 1. The fourth-order valence-corrected chi connectivity index (χ4v) is 2.76. The molecule has 0 aromatic heterocycles. The van der Waals surface area contributed by atoms with Gasteiger partial charge >= 0.3 is 0 Å². The minimum Gasteiger partial charge on any atom is -0.296 e. The molecule has 18 heavy (non-hydrogen) atoms. The summed E-state index contributed by atoms with van der Waals surface area (Å²) in [6.07, 6.45) is 6.46. The van der Waals surface area contributed by atoms with Crippen molar-refractivity contribution in [2.45, 2.75) is 32.1 Å². The summed E-state index contributed by atoms with van der Waals surface area (Å²) in [4.78, 5) is 14.5. The Morgan fingerprint density at radius 1 is 1.00 bits per heavy atom. The summed E-state index contributed by atoms with van der Waals surface area (Å²) >= 11 is 2.26. The van der Waals surface area contributed by atoms with Crippen LogP contribution in [0.3, 0.4) is 0 Å². The van der Waals surface area contributed by atoms with E-state index in [2.05, 4.69) is 27.5 Å². The Morgan fingerprint density at radius 2 is 1.56 bits per heavy atom. The maximum Gasteiger partial charge on any atom is 0.176 e. The first-order valence-corrected chi connectivity index (χ1v) is 7.85. The molecule has 0 unspecified atom stereocenters. The Labute approximate surface area is 123 Å². The molecular weight excluding hydrogens is 337 g/mol. The van der Waals surface area contributed by atoms with Crippen molar-refractivity contribution in [2.75, 3.05) is 19.6 Å². The van der Waals surface area contributed by atoms with Crippen LogP contribution in [0.5, 0.6) is 0 Å². The van der Waals surface area contributed by atoms with Crippen LogP contribution >= 0.6 is 22.6 Å². The predicted octanol–water partition coefficient (Wildman–Crippen LogP) is 3.74. The summed E-state index contributed by atoms with van der Waals surface area (Å²) in [6.45, 7) is 2.74. The summed E-state index contributed by atoms with van der Waals surface area (Å²) < 4.78 is 1.18. The Hall–Kier alpha value is -0.420. The Bertz CT molecular complexity index is 380. The van der Waals surface area contributed by atoms with E-state index in [1.54, 1.807) is 0 Å². The topological polar surface area (TPSA) is 20.3 Å². The lowest BCUT2D eigenvalue weighted by atomic mass is 10.1. The fraction of sp³-hybridized carbons (Fsp3) is 0.533. The van der Waals surface area contributed by atoms with Crippen LogP contribution in [0.1, 0.15) is 42.5 Å². The molecule has 98 valence electrons. The van der Waals surface area contributed by atoms with Gasteiger partial charge in [0.25, 0.3) is 0 Å². The molecule has 0 N–H and O–H groups in total. The number of halogens is 1. The van der Waals surface area contributed by atoms with Crippen LogP contribution in [-0.2, 0) is 0 Å². The molecule has 3 heteroatoms. The van der Waals surface area contributed by atoms with Crippen molar-refractivity contribution >= 4 is 28.4 Å². The van der Waals surface area contributed by atoms with Crippen LogP contribution in [-0.4, -0.2) is 30.3 Å². The molecule has 0 bridgehead atoms. The molecule has 1 fully saturated rings. The molecule has 0 amide bonds. The third-order valence-corrected chi connectivity index (χ3v) is 4.20. The van der Waals surface area contributed by atoms with Crippen LogP contribution in [0.15, 0.2) is 24.3 Å². The molecule has 2 nitrogen and oxygen atoms in total. The van der Waals surface area contributed by atoms with Gasteiger partial charge in [0.05, 0.1) is 6.54 Å². The van der Waals surface area contributed by atoms with Crippen LogP contribution in [0.4, 0.5) is 0 Å². The molecule has 1 aromatic carbocycles. The third-order valence-electron chi connectivity index (χ3n) is 3.48. The van der Waals surface area contributed by atoms with Gasteiger partial charge in [0.2, 0.25) is 0 Å². The average Bonchev–Trinajstić information content (AvgIpc) is 2.33. The molecule has 1 aliphatic rings. The number of carbonyl (C=O) groups is 1. The van der Waals surface area contributed by atoms with Gasteiger partial charge in [-0.05, 0) is 60.7 Å². The highest BCUT2D eigenvalue weighted by Gasteiger charge is 2.13. The van der Waals surface area contributed by atoms with Crippen molar-refractivity contribution in [2.24, 2.45) is 0 Å². The first-order chi connectivity index (χ1) is 8.75. The first-order valence-electron chi connectivity index (χ1n) is 6.77. The predicted molar refractivity (Wildman–Crippen MR) is 83.0 cm³/mol. The van der Waals surface area contributed by atoms with E-state index in [1.807, 2.05) is 24.3 Å².